The lowest BCUT2D eigenvalue weighted by Crippen LogP contribution is -2.42. The van der Waals surface area contributed by atoms with E-state index in [1.807, 2.05) is 0 Å². The fourth-order valence-corrected chi connectivity index (χ4v) is 1.93. The Hall–Kier alpha value is -0.780. The van der Waals surface area contributed by atoms with E-state index in [2.05, 4.69) is 0 Å². The van der Waals surface area contributed by atoms with Crippen molar-refractivity contribution in [2.75, 3.05) is 13.2 Å². The Balaban J connectivity index is 4.49. The van der Waals surface area contributed by atoms with Gasteiger partial charge in [-0.1, -0.05) is 6.92 Å². The van der Waals surface area contributed by atoms with Crippen LogP contribution in [0.2, 0.25) is 0 Å². The van der Waals surface area contributed by atoms with Gasteiger partial charge in [0, 0.05) is 0 Å². The van der Waals surface area contributed by atoms with Gasteiger partial charge in [0.15, 0.2) is 5.25 Å². The van der Waals surface area contributed by atoms with Crippen molar-refractivity contribution in [3.8, 4) is 6.07 Å². The number of sulfonamides is 1. The molecule has 2 N–H and O–H groups in total. The van der Waals surface area contributed by atoms with Crippen molar-refractivity contribution in [2.24, 2.45) is 0 Å². The van der Waals surface area contributed by atoms with Crippen LogP contribution in [-0.4, -0.2) is 37.8 Å². The van der Waals surface area contributed by atoms with Gasteiger partial charge in [-0.05, 0) is 6.42 Å². The first-order chi connectivity index (χ1) is 6.79. The van der Waals surface area contributed by atoms with Crippen molar-refractivity contribution in [3.63, 3.8) is 0 Å². The van der Waals surface area contributed by atoms with Crippen LogP contribution in [0.3, 0.4) is 0 Å². The summed E-state index contributed by atoms with van der Waals surface area (Å²) in [5, 5.41) is 15.3. The van der Waals surface area contributed by atoms with Gasteiger partial charge >= 0.3 is 0 Å². The lowest BCUT2D eigenvalue weighted by atomic mass is 10.4. The molecule has 88 valence electrons. The largest absolute Gasteiger partial charge is 0.390 e. The van der Waals surface area contributed by atoms with Crippen molar-refractivity contribution < 1.29 is 22.3 Å². The van der Waals surface area contributed by atoms with Gasteiger partial charge in [0.1, 0.15) is 6.61 Å². The minimum atomic E-state index is -4.07. The maximum absolute atomic E-state index is 12.5. The molecule has 0 aliphatic carbocycles. The standard InChI is InChI=1S/C7H12F2N2O3S/c1-2-6(3-10)15(13,14)11-4-7(8,9)5-12/h6,11-12H,2,4-5H2,1H3. The van der Waals surface area contributed by atoms with Gasteiger partial charge in [-0.3, -0.25) is 0 Å². The smallest absolute Gasteiger partial charge is 0.283 e. The van der Waals surface area contributed by atoms with Crippen LogP contribution < -0.4 is 4.72 Å². The van der Waals surface area contributed by atoms with Gasteiger partial charge in [0.05, 0.1) is 12.6 Å². The third kappa shape index (κ3) is 4.51. The molecule has 5 nitrogen and oxygen atoms in total. The number of nitriles is 1. The third-order valence-corrected chi connectivity index (χ3v) is 3.39. The van der Waals surface area contributed by atoms with Gasteiger partial charge in [-0.2, -0.15) is 5.26 Å². The number of alkyl halides is 2. The Labute approximate surface area is 86.8 Å². The average Bonchev–Trinajstić information content (AvgIpc) is 2.17. The summed E-state index contributed by atoms with van der Waals surface area (Å²) in [6.07, 6.45) is 0.0104. The molecule has 0 rings (SSSR count). The van der Waals surface area contributed by atoms with Crippen molar-refractivity contribution >= 4 is 10.0 Å². The predicted octanol–water partition coefficient (Wildman–Crippen LogP) is -0.164. The maximum Gasteiger partial charge on any atom is 0.283 e. The number of nitrogens with one attached hydrogen (secondary N) is 1. The summed E-state index contributed by atoms with van der Waals surface area (Å²) in [5.74, 6) is -3.51. The molecule has 1 atom stereocenters. The van der Waals surface area contributed by atoms with Crippen LogP contribution in [0.4, 0.5) is 8.78 Å². The van der Waals surface area contributed by atoms with E-state index >= 15 is 0 Å². The SMILES string of the molecule is CCC(C#N)S(=O)(=O)NCC(F)(F)CO. The van der Waals surface area contributed by atoms with E-state index in [4.69, 9.17) is 10.4 Å². The first-order valence-corrected chi connectivity index (χ1v) is 5.70. The Kier molecular flexibility index (Phi) is 5.07. The number of halogens is 2. The van der Waals surface area contributed by atoms with Crippen LogP contribution >= 0.6 is 0 Å². The fourth-order valence-electron chi connectivity index (χ4n) is 0.743. The number of hydrogen-bond acceptors (Lipinski definition) is 4. The summed E-state index contributed by atoms with van der Waals surface area (Å²) in [4.78, 5) is 0. The second-order valence-electron chi connectivity index (χ2n) is 2.91. The van der Waals surface area contributed by atoms with Gasteiger partial charge in [0.2, 0.25) is 10.0 Å². The second kappa shape index (κ2) is 5.34. The maximum atomic E-state index is 12.5. The van der Waals surface area contributed by atoms with Crippen molar-refractivity contribution in [1.29, 1.82) is 5.26 Å². The first-order valence-electron chi connectivity index (χ1n) is 4.16. The fraction of sp³-hybridized carbons (Fsp3) is 0.857. The molecule has 0 radical (unpaired) electrons. The average molecular weight is 242 g/mol. The van der Waals surface area contributed by atoms with Gasteiger partial charge < -0.3 is 5.11 Å². The monoisotopic (exact) mass is 242 g/mol. The van der Waals surface area contributed by atoms with Gasteiger partial charge in [-0.25, -0.2) is 21.9 Å². The highest BCUT2D eigenvalue weighted by Crippen LogP contribution is 2.11. The quantitative estimate of drug-likeness (QED) is 0.677. The van der Waals surface area contributed by atoms with Crippen LogP contribution in [-0.2, 0) is 10.0 Å². The third-order valence-electron chi connectivity index (χ3n) is 1.65. The molecule has 0 aliphatic heterocycles. The molecule has 0 amide bonds. The predicted molar refractivity (Wildman–Crippen MR) is 48.6 cm³/mol. The lowest BCUT2D eigenvalue weighted by Gasteiger charge is -2.15. The summed E-state index contributed by atoms with van der Waals surface area (Å²) >= 11 is 0. The van der Waals surface area contributed by atoms with Crippen LogP contribution in [0.25, 0.3) is 0 Å². The molecule has 0 aromatic carbocycles. The van der Waals surface area contributed by atoms with E-state index in [9.17, 15) is 17.2 Å². The highest BCUT2D eigenvalue weighted by molar-refractivity contribution is 7.90. The molecule has 0 spiro atoms. The molecule has 0 bridgehead atoms. The summed E-state index contributed by atoms with van der Waals surface area (Å²) in [6, 6.07) is 1.49. The zero-order valence-electron chi connectivity index (χ0n) is 8.07. The van der Waals surface area contributed by atoms with Crippen LogP contribution in [0.5, 0.6) is 0 Å². The molecule has 0 aromatic rings. The Bertz CT molecular complexity index is 337. The first kappa shape index (κ1) is 14.2. The van der Waals surface area contributed by atoms with Crippen LogP contribution in [0.1, 0.15) is 13.3 Å². The van der Waals surface area contributed by atoms with Crippen molar-refractivity contribution in [2.45, 2.75) is 24.5 Å². The molecule has 15 heavy (non-hydrogen) atoms. The summed E-state index contributed by atoms with van der Waals surface area (Å²) in [5.41, 5.74) is 0. The minimum absolute atomic E-state index is 0.0104. The highest BCUT2D eigenvalue weighted by Gasteiger charge is 2.32. The molecule has 0 fully saturated rings. The minimum Gasteiger partial charge on any atom is -0.390 e. The number of aliphatic hydroxyl groups excluding tert-OH is 1. The zero-order valence-corrected chi connectivity index (χ0v) is 8.89. The summed E-state index contributed by atoms with van der Waals surface area (Å²) < 4.78 is 49.0. The number of rotatable bonds is 6. The molecule has 0 saturated heterocycles. The van der Waals surface area contributed by atoms with E-state index in [1.54, 1.807) is 4.72 Å². The van der Waals surface area contributed by atoms with E-state index < -0.39 is 34.3 Å². The lowest BCUT2D eigenvalue weighted by molar-refractivity contribution is -0.0437. The second-order valence-corrected chi connectivity index (χ2v) is 4.85. The topological polar surface area (TPSA) is 90.2 Å². The van der Waals surface area contributed by atoms with E-state index in [0.29, 0.717) is 0 Å². The zero-order chi connectivity index (χ0) is 12.1. The number of hydrogen-bond donors (Lipinski definition) is 2. The van der Waals surface area contributed by atoms with Crippen molar-refractivity contribution in [1.82, 2.24) is 4.72 Å². The number of nitrogens with zero attached hydrogens (tertiary/aromatic N) is 1. The van der Waals surface area contributed by atoms with Crippen LogP contribution in [0.15, 0.2) is 0 Å². The van der Waals surface area contributed by atoms with Gasteiger partial charge in [-0.15, -0.1) is 0 Å². The molecular formula is C7H12F2N2O3S. The van der Waals surface area contributed by atoms with E-state index in [-0.39, 0.29) is 6.42 Å². The van der Waals surface area contributed by atoms with E-state index in [0.717, 1.165) is 0 Å². The molecule has 0 saturated carbocycles. The molecular weight excluding hydrogens is 230 g/mol. The molecule has 0 heterocycles. The van der Waals surface area contributed by atoms with Gasteiger partial charge in [0.25, 0.3) is 5.92 Å². The van der Waals surface area contributed by atoms with E-state index in [1.165, 1.54) is 13.0 Å². The number of aliphatic hydroxyl groups is 1. The molecule has 8 heteroatoms. The molecule has 0 aromatic heterocycles. The summed E-state index contributed by atoms with van der Waals surface area (Å²) in [7, 11) is -4.07. The molecule has 0 aliphatic rings. The Morgan fingerprint density at radius 2 is 2.13 bits per heavy atom. The highest BCUT2D eigenvalue weighted by atomic mass is 32.2. The normalized spacial score (nSPS) is 14.6. The Morgan fingerprint density at radius 3 is 2.47 bits per heavy atom. The molecule has 1 unspecified atom stereocenters. The summed E-state index contributed by atoms with van der Waals surface area (Å²) in [6.45, 7) is -1.19. The Morgan fingerprint density at radius 1 is 1.60 bits per heavy atom. The van der Waals surface area contributed by atoms with Crippen LogP contribution in [0, 0.1) is 11.3 Å². The van der Waals surface area contributed by atoms with Crippen molar-refractivity contribution in [3.05, 3.63) is 0 Å².